The van der Waals surface area contributed by atoms with Crippen LogP contribution < -0.4 is 5.32 Å². The summed E-state index contributed by atoms with van der Waals surface area (Å²) in [5, 5.41) is 12.1. The molecule has 1 aromatic rings. The number of carboxylic acid groups (broad SMARTS) is 1. The van der Waals surface area contributed by atoms with Crippen LogP contribution in [0.4, 0.5) is 5.69 Å². The Balaban J connectivity index is 1.63. The molecule has 25 heavy (non-hydrogen) atoms. The molecular weight excluding hydrogens is 320 g/mol. The van der Waals surface area contributed by atoms with Crippen molar-refractivity contribution in [3.05, 3.63) is 29.8 Å². The maximum atomic E-state index is 12.5. The first-order chi connectivity index (χ1) is 12.1. The zero-order valence-electron chi connectivity index (χ0n) is 14.2. The molecule has 1 aromatic carbocycles. The van der Waals surface area contributed by atoms with Crippen molar-refractivity contribution in [1.29, 1.82) is 0 Å². The molecule has 1 heterocycles. The van der Waals surface area contributed by atoms with Crippen LogP contribution in [0.3, 0.4) is 0 Å². The normalized spacial score (nSPS) is 23.3. The fraction of sp³-hybridized carbons (Fsp3) is 0.526. The van der Waals surface area contributed by atoms with Crippen LogP contribution in [-0.4, -0.2) is 40.9 Å². The van der Waals surface area contributed by atoms with Gasteiger partial charge in [-0.2, -0.15) is 0 Å². The predicted octanol–water partition coefficient (Wildman–Crippen LogP) is 2.75. The predicted molar refractivity (Wildman–Crippen MR) is 93.3 cm³/mol. The number of hydrogen-bond donors (Lipinski definition) is 2. The summed E-state index contributed by atoms with van der Waals surface area (Å²) in [6.07, 6.45) is 4.99. The molecule has 0 aromatic heterocycles. The lowest BCUT2D eigenvalue weighted by Gasteiger charge is -2.27. The second-order valence-corrected chi connectivity index (χ2v) is 6.90. The van der Waals surface area contributed by atoms with E-state index in [1.807, 2.05) is 4.90 Å². The van der Waals surface area contributed by atoms with E-state index in [2.05, 4.69) is 5.32 Å². The van der Waals surface area contributed by atoms with Gasteiger partial charge in [-0.05, 0) is 49.9 Å². The Labute approximate surface area is 147 Å². The first-order valence-corrected chi connectivity index (χ1v) is 8.99. The molecular formula is C19H24N2O4. The van der Waals surface area contributed by atoms with Gasteiger partial charge in [-0.25, -0.2) is 0 Å². The van der Waals surface area contributed by atoms with Gasteiger partial charge in [0.15, 0.2) is 0 Å². The third-order valence-electron chi connectivity index (χ3n) is 5.21. The number of likely N-dealkylation sites (tertiary alicyclic amines) is 1. The number of carbonyl (C=O) groups excluding carboxylic acids is 2. The minimum absolute atomic E-state index is 0.0219. The van der Waals surface area contributed by atoms with Gasteiger partial charge < -0.3 is 15.3 Å². The summed E-state index contributed by atoms with van der Waals surface area (Å²) in [4.78, 5) is 38.0. The van der Waals surface area contributed by atoms with E-state index in [1.165, 1.54) is 0 Å². The lowest BCUT2D eigenvalue weighted by Crippen LogP contribution is -2.36. The van der Waals surface area contributed by atoms with Gasteiger partial charge in [0.2, 0.25) is 5.91 Å². The lowest BCUT2D eigenvalue weighted by atomic mass is 9.78. The molecule has 6 heteroatoms. The highest BCUT2D eigenvalue weighted by Crippen LogP contribution is 2.31. The zero-order valence-corrected chi connectivity index (χ0v) is 14.2. The van der Waals surface area contributed by atoms with Gasteiger partial charge in [0.25, 0.3) is 5.91 Å². The fourth-order valence-corrected chi connectivity index (χ4v) is 3.77. The Morgan fingerprint density at radius 3 is 2.12 bits per heavy atom. The van der Waals surface area contributed by atoms with E-state index in [4.69, 9.17) is 0 Å². The van der Waals surface area contributed by atoms with Crippen molar-refractivity contribution in [3.63, 3.8) is 0 Å². The van der Waals surface area contributed by atoms with Crippen LogP contribution in [0.5, 0.6) is 0 Å². The van der Waals surface area contributed by atoms with Gasteiger partial charge in [0.05, 0.1) is 11.8 Å². The summed E-state index contributed by atoms with van der Waals surface area (Å²) in [5.41, 5.74) is 1.21. The first kappa shape index (κ1) is 17.5. The molecule has 6 nitrogen and oxygen atoms in total. The van der Waals surface area contributed by atoms with Gasteiger partial charge in [0.1, 0.15) is 0 Å². The molecule has 0 spiro atoms. The highest BCUT2D eigenvalue weighted by Gasteiger charge is 2.35. The lowest BCUT2D eigenvalue weighted by molar-refractivity contribution is -0.147. The summed E-state index contributed by atoms with van der Waals surface area (Å²) in [7, 11) is 0. The number of nitrogens with one attached hydrogen (secondary N) is 1. The number of amides is 2. The molecule has 2 aliphatic rings. The molecule has 2 atom stereocenters. The summed E-state index contributed by atoms with van der Waals surface area (Å²) < 4.78 is 0. The number of hydrogen-bond acceptors (Lipinski definition) is 3. The second kappa shape index (κ2) is 7.68. The molecule has 134 valence electrons. The SMILES string of the molecule is O=C(O)[C@@H]1CCCC[C@H]1C(=O)Nc1ccc(C(=O)N2CCCC2)cc1. The van der Waals surface area contributed by atoms with Crippen LogP contribution in [0.2, 0.25) is 0 Å². The van der Waals surface area contributed by atoms with Crippen molar-refractivity contribution in [2.45, 2.75) is 38.5 Å². The third kappa shape index (κ3) is 4.00. The molecule has 2 amide bonds. The third-order valence-corrected chi connectivity index (χ3v) is 5.21. The topological polar surface area (TPSA) is 86.7 Å². The second-order valence-electron chi connectivity index (χ2n) is 6.90. The molecule has 2 fully saturated rings. The molecule has 0 bridgehead atoms. The van der Waals surface area contributed by atoms with Gasteiger partial charge in [-0.1, -0.05) is 12.8 Å². The van der Waals surface area contributed by atoms with Crippen LogP contribution in [0.25, 0.3) is 0 Å². The van der Waals surface area contributed by atoms with E-state index in [0.717, 1.165) is 38.8 Å². The largest absolute Gasteiger partial charge is 0.481 e. The number of carbonyl (C=O) groups is 3. The minimum Gasteiger partial charge on any atom is -0.481 e. The van der Waals surface area contributed by atoms with Gasteiger partial charge >= 0.3 is 5.97 Å². The van der Waals surface area contributed by atoms with Crippen LogP contribution in [0, 0.1) is 11.8 Å². The average molecular weight is 344 g/mol. The van der Waals surface area contributed by atoms with Gasteiger partial charge in [-0.3, -0.25) is 14.4 Å². The average Bonchev–Trinajstić information content (AvgIpc) is 3.16. The molecule has 1 saturated heterocycles. The fourth-order valence-electron chi connectivity index (χ4n) is 3.77. The summed E-state index contributed by atoms with van der Waals surface area (Å²) in [6, 6.07) is 6.84. The van der Waals surface area contributed by atoms with Crippen LogP contribution in [0.1, 0.15) is 48.9 Å². The summed E-state index contributed by atoms with van der Waals surface area (Å²) in [6.45, 7) is 1.60. The Bertz CT molecular complexity index is 650. The maximum Gasteiger partial charge on any atom is 0.307 e. The van der Waals surface area contributed by atoms with E-state index in [0.29, 0.717) is 24.1 Å². The Hall–Kier alpha value is -2.37. The Morgan fingerprint density at radius 1 is 0.920 bits per heavy atom. The number of aliphatic carboxylic acids is 1. The molecule has 1 aliphatic heterocycles. The minimum atomic E-state index is -0.897. The van der Waals surface area contributed by atoms with Crippen molar-refractivity contribution in [2.75, 3.05) is 18.4 Å². The van der Waals surface area contributed by atoms with E-state index in [9.17, 15) is 19.5 Å². The Kier molecular flexibility index (Phi) is 5.36. The molecule has 1 aliphatic carbocycles. The van der Waals surface area contributed by atoms with Crippen molar-refractivity contribution in [2.24, 2.45) is 11.8 Å². The van der Waals surface area contributed by atoms with Gasteiger partial charge in [0, 0.05) is 24.3 Å². The molecule has 1 saturated carbocycles. The zero-order chi connectivity index (χ0) is 17.8. The molecule has 0 unspecified atom stereocenters. The number of benzene rings is 1. The van der Waals surface area contributed by atoms with Crippen LogP contribution in [0.15, 0.2) is 24.3 Å². The van der Waals surface area contributed by atoms with Crippen LogP contribution in [-0.2, 0) is 9.59 Å². The first-order valence-electron chi connectivity index (χ1n) is 8.99. The Morgan fingerprint density at radius 2 is 1.52 bits per heavy atom. The highest BCUT2D eigenvalue weighted by atomic mass is 16.4. The number of anilines is 1. The van der Waals surface area contributed by atoms with Crippen molar-refractivity contribution >= 4 is 23.5 Å². The number of carboxylic acids is 1. The maximum absolute atomic E-state index is 12.5. The van der Waals surface area contributed by atoms with E-state index < -0.39 is 17.8 Å². The number of rotatable bonds is 4. The monoisotopic (exact) mass is 344 g/mol. The molecule has 2 N–H and O–H groups in total. The highest BCUT2D eigenvalue weighted by molar-refractivity contribution is 5.97. The van der Waals surface area contributed by atoms with Gasteiger partial charge in [-0.15, -0.1) is 0 Å². The molecule has 3 rings (SSSR count). The van der Waals surface area contributed by atoms with Crippen molar-refractivity contribution < 1.29 is 19.5 Å². The smallest absolute Gasteiger partial charge is 0.307 e. The van der Waals surface area contributed by atoms with E-state index in [1.54, 1.807) is 24.3 Å². The quantitative estimate of drug-likeness (QED) is 0.879. The van der Waals surface area contributed by atoms with Crippen molar-refractivity contribution in [3.8, 4) is 0 Å². The van der Waals surface area contributed by atoms with Crippen molar-refractivity contribution in [1.82, 2.24) is 4.90 Å². The van der Waals surface area contributed by atoms with E-state index >= 15 is 0 Å². The number of nitrogens with zero attached hydrogens (tertiary/aromatic N) is 1. The summed E-state index contributed by atoms with van der Waals surface area (Å²) >= 11 is 0. The van der Waals surface area contributed by atoms with Crippen LogP contribution >= 0.6 is 0 Å². The van der Waals surface area contributed by atoms with E-state index in [-0.39, 0.29) is 11.8 Å². The molecule has 0 radical (unpaired) electrons. The summed E-state index contributed by atoms with van der Waals surface area (Å²) in [5.74, 6) is -2.22. The standard InChI is InChI=1S/C19H24N2O4/c22-17(15-5-1-2-6-16(15)19(24)25)20-14-9-7-13(8-10-14)18(23)21-11-3-4-12-21/h7-10,15-16H,1-6,11-12H2,(H,20,22)(H,24,25)/t15-,16-/m1/s1.